The highest BCUT2D eigenvalue weighted by Gasteiger charge is 2.23. The second-order valence-electron chi connectivity index (χ2n) is 7.43. The van der Waals surface area contributed by atoms with E-state index in [4.69, 9.17) is 4.74 Å². The molecule has 0 saturated carbocycles. The second kappa shape index (κ2) is 9.82. The molecule has 1 aromatic heterocycles. The van der Waals surface area contributed by atoms with Crippen LogP contribution in [0.2, 0.25) is 0 Å². The Morgan fingerprint density at radius 1 is 1.00 bits per heavy atom. The van der Waals surface area contributed by atoms with Crippen molar-refractivity contribution in [1.82, 2.24) is 4.57 Å². The minimum atomic E-state index is -3.76. The van der Waals surface area contributed by atoms with Crippen molar-refractivity contribution in [1.29, 1.82) is 0 Å². The van der Waals surface area contributed by atoms with Crippen LogP contribution in [0.3, 0.4) is 0 Å². The van der Waals surface area contributed by atoms with Crippen molar-refractivity contribution in [3.05, 3.63) is 83.2 Å². The molecule has 7 nitrogen and oxygen atoms in total. The first-order valence-corrected chi connectivity index (χ1v) is 13.1. The molecule has 1 heterocycles. The van der Waals surface area contributed by atoms with Gasteiger partial charge in [0.25, 0.3) is 15.9 Å². The Labute approximate surface area is 202 Å². The van der Waals surface area contributed by atoms with E-state index < -0.39 is 15.9 Å². The molecule has 1 amide bonds. The van der Waals surface area contributed by atoms with Crippen LogP contribution >= 0.6 is 11.3 Å². The van der Waals surface area contributed by atoms with E-state index >= 15 is 0 Å². The molecule has 0 unspecified atom stereocenters. The Morgan fingerprint density at radius 2 is 1.71 bits per heavy atom. The number of carbonyl (C=O) groups excluding carboxylic acids is 1. The smallest absolute Gasteiger partial charge is 0.279 e. The molecule has 0 spiro atoms. The number of amides is 1. The highest BCUT2D eigenvalue weighted by molar-refractivity contribution is 7.92. The molecule has 4 aromatic rings. The minimum Gasteiger partial charge on any atom is -0.492 e. The van der Waals surface area contributed by atoms with E-state index in [-0.39, 0.29) is 11.4 Å². The number of benzene rings is 3. The molecule has 0 aliphatic carbocycles. The maximum Gasteiger partial charge on any atom is 0.279 e. The average Bonchev–Trinajstić information content (AvgIpc) is 3.16. The Kier molecular flexibility index (Phi) is 6.85. The summed E-state index contributed by atoms with van der Waals surface area (Å²) in [6.07, 6.45) is 0. The molecule has 34 heavy (non-hydrogen) atoms. The molecule has 0 atom stereocenters. The second-order valence-corrected chi connectivity index (χ2v) is 10.3. The largest absolute Gasteiger partial charge is 0.492 e. The van der Waals surface area contributed by atoms with E-state index in [1.54, 1.807) is 31.2 Å². The predicted molar refractivity (Wildman–Crippen MR) is 135 cm³/mol. The lowest BCUT2D eigenvalue weighted by Gasteiger charge is -2.22. The molecule has 0 N–H and O–H groups in total. The maximum absolute atomic E-state index is 13.2. The normalized spacial score (nSPS) is 12.1. The molecule has 0 fully saturated rings. The summed E-state index contributed by atoms with van der Waals surface area (Å²) in [5.74, 6) is 0.292. The van der Waals surface area contributed by atoms with Crippen molar-refractivity contribution < 1.29 is 17.9 Å². The van der Waals surface area contributed by atoms with Crippen molar-refractivity contribution in [3.8, 4) is 5.75 Å². The van der Waals surface area contributed by atoms with Gasteiger partial charge in [-0.15, -0.1) is 0 Å². The molecule has 3 aromatic carbocycles. The number of hydrogen-bond acceptors (Lipinski definition) is 5. The topological polar surface area (TPSA) is 81.0 Å². The molecular weight excluding hydrogens is 470 g/mol. The Morgan fingerprint density at radius 3 is 2.35 bits per heavy atom. The molecule has 0 aliphatic heterocycles. The standard InChI is InChI=1S/C25H25N3O4S2/c1-4-28(19-10-7-6-8-11-19)34(30,31)20-16-14-18(15-17-20)24(29)26-25-27(3)23-21(32-5-2)12-9-13-22(23)33-25/h6-17H,4-5H2,1-3H3. The summed E-state index contributed by atoms with van der Waals surface area (Å²) >= 11 is 1.39. The molecular formula is C25H25N3O4S2. The summed E-state index contributed by atoms with van der Waals surface area (Å²) in [5, 5.41) is 0. The number of rotatable bonds is 7. The quantitative estimate of drug-likeness (QED) is 0.375. The van der Waals surface area contributed by atoms with E-state index in [0.717, 1.165) is 16.0 Å². The van der Waals surface area contributed by atoms with Gasteiger partial charge in [-0.1, -0.05) is 35.6 Å². The monoisotopic (exact) mass is 495 g/mol. The number of para-hydroxylation sites is 2. The number of aromatic nitrogens is 1. The van der Waals surface area contributed by atoms with Crippen molar-refractivity contribution in [3.63, 3.8) is 0 Å². The lowest BCUT2D eigenvalue weighted by atomic mass is 10.2. The first-order chi connectivity index (χ1) is 16.4. The molecule has 9 heteroatoms. The number of fused-ring (bicyclic) bond motifs is 1. The van der Waals surface area contributed by atoms with Crippen LogP contribution in [-0.4, -0.2) is 32.0 Å². The lowest BCUT2D eigenvalue weighted by molar-refractivity contribution is 0.0998. The van der Waals surface area contributed by atoms with Crippen molar-refractivity contribution in [2.45, 2.75) is 18.7 Å². The van der Waals surface area contributed by atoms with Gasteiger partial charge in [-0.05, 0) is 62.4 Å². The average molecular weight is 496 g/mol. The summed E-state index contributed by atoms with van der Waals surface area (Å²) in [6, 6.07) is 20.6. The number of sulfonamides is 1. The highest BCUT2D eigenvalue weighted by Crippen LogP contribution is 2.27. The van der Waals surface area contributed by atoms with Gasteiger partial charge in [0.15, 0.2) is 4.80 Å². The lowest BCUT2D eigenvalue weighted by Crippen LogP contribution is -2.30. The van der Waals surface area contributed by atoms with E-state index in [0.29, 0.717) is 22.7 Å². The van der Waals surface area contributed by atoms with Crippen molar-refractivity contribution in [2.75, 3.05) is 17.5 Å². The SMILES string of the molecule is CCOc1cccc2sc(=NC(=O)c3ccc(S(=O)(=O)N(CC)c4ccccc4)cc3)n(C)c12. The molecule has 0 bridgehead atoms. The number of ether oxygens (including phenoxy) is 1. The van der Waals surface area contributed by atoms with E-state index in [2.05, 4.69) is 4.99 Å². The van der Waals surface area contributed by atoms with Gasteiger partial charge in [-0.25, -0.2) is 8.42 Å². The first-order valence-electron chi connectivity index (χ1n) is 10.8. The van der Waals surface area contributed by atoms with Crippen LogP contribution in [0.25, 0.3) is 10.2 Å². The number of anilines is 1. The number of hydrogen-bond donors (Lipinski definition) is 0. The Hall–Kier alpha value is -3.43. The minimum absolute atomic E-state index is 0.114. The van der Waals surface area contributed by atoms with Crippen LogP contribution in [-0.2, 0) is 17.1 Å². The van der Waals surface area contributed by atoms with Gasteiger partial charge in [-0.2, -0.15) is 4.99 Å². The van der Waals surface area contributed by atoms with Gasteiger partial charge < -0.3 is 9.30 Å². The van der Waals surface area contributed by atoms with Crippen LogP contribution in [0.4, 0.5) is 5.69 Å². The highest BCUT2D eigenvalue weighted by atomic mass is 32.2. The Bertz CT molecular complexity index is 1490. The van der Waals surface area contributed by atoms with Crippen molar-refractivity contribution in [2.24, 2.45) is 12.0 Å². The predicted octanol–water partition coefficient (Wildman–Crippen LogP) is 4.59. The maximum atomic E-state index is 13.2. The third-order valence-electron chi connectivity index (χ3n) is 5.30. The summed E-state index contributed by atoms with van der Waals surface area (Å²) < 4.78 is 36.2. The van der Waals surface area contributed by atoms with Gasteiger partial charge in [0.2, 0.25) is 0 Å². The summed E-state index contributed by atoms with van der Waals surface area (Å²) in [7, 11) is -1.93. The van der Waals surface area contributed by atoms with E-state index in [1.165, 1.54) is 39.9 Å². The van der Waals surface area contributed by atoms with Crippen LogP contribution in [0.5, 0.6) is 5.75 Å². The summed E-state index contributed by atoms with van der Waals surface area (Å²) in [4.78, 5) is 17.8. The third kappa shape index (κ3) is 4.49. The van der Waals surface area contributed by atoms with Crippen LogP contribution in [0, 0.1) is 0 Å². The van der Waals surface area contributed by atoms with E-state index in [1.807, 2.05) is 42.8 Å². The number of carbonyl (C=O) groups is 1. The Balaban J connectivity index is 1.65. The molecule has 0 radical (unpaired) electrons. The number of aryl methyl sites for hydroxylation is 1. The number of nitrogens with zero attached hydrogens (tertiary/aromatic N) is 3. The van der Waals surface area contributed by atoms with E-state index in [9.17, 15) is 13.2 Å². The van der Waals surface area contributed by atoms with Gasteiger partial charge in [0.1, 0.15) is 11.3 Å². The van der Waals surface area contributed by atoms with Gasteiger partial charge in [-0.3, -0.25) is 9.10 Å². The molecule has 0 aliphatic rings. The fraction of sp³-hybridized carbons (Fsp3) is 0.200. The summed E-state index contributed by atoms with van der Waals surface area (Å²) in [6.45, 7) is 4.52. The third-order valence-corrected chi connectivity index (χ3v) is 8.32. The first kappa shape index (κ1) is 23.7. The van der Waals surface area contributed by atoms with Crippen LogP contribution in [0.1, 0.15) is 24.2 Å². The summed E-state index contributed by atoms with van der Waals surface area (Å²) in [5.41, 5.74) is 1.77. The number of thiazole rings is 1. The molecule has 0 saturated heterocycles. The van der Waals surface area contributed by atoms with Crippen LogP contribution < -0.4 is 13.8 Å². The fourth-order valence-corrected chi connectivity index (χ4v) is 6.19. The zero-order valence-corrected chi connectivity index (χ0v) is 20.8. The molecule has 4 rings (SSSR count). The van der Waals surface area contributed by atoms with Gasteiger partial charge in [0, 0.05) is 19.2 Å². The van der Waals surface area contributed by atoms with Crippen molar-refractivity contribution >= 4 is 43.2 Å². The zero-order chi connectivity index (χ0) is 24.3. The zero-order valence-electron chi connectivity index (χ0n) is 19.1. The molecule has 176 valence electrons. The van der Waals surface area contributed by atoms with Gasteiger partial charge in [0.05, 0.1) is 21.9 Å². The fourth-order valence-electron chi connectivity index (χ4n) is 3.68. The van der Waals surface area contributed by atoms with Crippen LogP contribution in [0.15, 0.2) is 82.7 Å². The van der Waals surface area contributed by atoms with Gasteiger partial charge >= 0.3 is 0 Å².